The molecule has 180 valence electrons. The summed E-state index contributed by atoms with van der Waals surface area (Å²) >= 11 is 6.07. The summed E-state index contributed by atoms with van der Waals surface area (Å²) in [6.07, 6.45) is 2.29. The van der Waals surface area contributed by atoms with Gasteiger partial charge in [0.2, 0.25) is 11.9 Å². The number of nitrogens with one attached hydrogen (secondary N) is 2. The number of piperidine rings is 1. The Morgan fingerprint density at radius 2 is 1.97 bits per heavy atom. The van der Waals surface area contributed by atoms with E-state index in [1.807, 2.05) is 32.9 Å². The fourth-order valence-corrected chi connectivity index (χ4v) is 4.77. The minimum Gasteiger partial charge on any atom is -0.368 e. The van der Waals surface area contributed by atoms with Crippen LogP contribution in [0.25, 0.3) is 0 Å². The molecule has 4 rings (SSSR count). The Balaban J connectivity index is 1.46. The minimum absolute atomic E-state index is 0.0499. The van der Waals surface area contributed by atoms with Crippen LogP contribution in [0.4, 0.5) is 11.9 Å². The molecule has 2 aliphatic rings. The van der Waals surface area contributed by atoms with Gasteiger partial charge in [-0.25, -0.2) is 5.10 Å². The third-order valence-electron chi connectivity index (χ3n) is 6.22. The van der Waals surface area contributed by atoms with E-state index in [2.05, 4.69) is 42.4 Å². The summed E-state index contributed by atoms with van der Waals surface area (Å²) in [7, 11) is 0. The minimum atomic E-state index is -0.475. The Hall–Kier alpha value is -2.36. The molecule has 3 heterocycles. The number of rotatable bonds is 5. The molecule has 10 heteroatoms. The largest absolute Gasteiger partial charge is 0.368 e. The van der Waals surface area contributed by atoms with E-state index in [-0.39, 0.29) is 17.5 Å². The van der Waals surface area contributed by atoms with Crippen LogP contribution in [0.3, 0.4) is 0 Å². The second-order valence-corrected chi connectivity index (χ2v) is 10.4. The number of aromatic amines is 1. The lowest BCUT2D eigenvalue weighted by molar-refractivity contribution is -0.146. The summed E-state index contributed by atoms with van der Waals surface area (Å²) in [6.45, 7) is 8.74. The van der Waals surface area contributed by atoms with E-state index in [0.29, 0.717) is 31.1 Å². The number of hydrogen-bond donors (Lipinski definition) is 3. The summed E-state index contributed by atoms with van der Waals surface area (Å²) < 4.78 is 6.08. The van der Waals surface area contributed by atoms with Crippen LogP contribution in [0.1, 0.15) is 39.2 Å². The normalized spacial score (nSPS) is 23.0. The molecular formula is C23H34ClN7O2. The maximum absolute atomic E-state index is 12.9. The summed E-state index contributed by atoms with van der Waals surface area (Å²) in [5, 5.41) is 10.7. The van der Waals surface area contributed by atoms with Crippen LogP contribution in [0.15, 0.2) is 24.3 Å². The highest BCUT2D eigenvalue weighted by Gasteiger charge is 2.38. The third-order valence-corrected chi connectivity index (χ3v) is 6.47. The number of amides is 1. The molecular weight excluding hydrogens is 442 g/mol. The molecule has 1 aromatic heterocycles. The van der Waals surface area contributed by atoms with Crippen molar-refractivity contribution in [2.75, 3.05) is 36.9 Å². The van der Waals surface area contributed by atoms with Crippen molar-refractivity contribution in [3.05, 3.63) is 34.9 Å². The van der Waals surface area contributed by atoms with Gasteiger partial charge in [0.25, 0.3) is 5.91 Å². The van der Waals surface area contributed by atoms with E-state index in [9.17, 15) is 4.79 Å². The number of halogens is 1. The lowest BCUT2D eigenvalue weighted by atomic mass is 9.96. The van der Waals surface area contributed by atoms with Crippen molar-refractivity contribution in [2.24, 2.45) is 0 Å². The molecule has 2 saturated heterocycles. The molecule has 1 amide bonds. The molecule has 2 unspecified atom stereocenters. The van der Waals surface area contributed by atoms with Crippen LogP contribution in [-0.4, -0.2) is 76.0 Å². The van der Waals surface area contributed by atoms with Gasteiger partial charge in [0.05, 0.1) is 6.61 Å². The van der Waals surface area contributed by atoms with Crippen LogP contribution >= 0.6 is 11.6 Å². The van der Waals surface area contributed by atoms with Crippen molar-refractivity contribution < 1.29 is 9.53 Å². The first-order chi connectivity index (χ1) is 15.7. The number of H-pyrrole nitrogens is 1. The van der Waals surface area contributed by atoms with Gasteiger partial charge in [-0.1, -0.05) is 23.7 Å². The maximum atomic E-state index is 12.9. The van der Waals surface area contributed by atoms with E-state index >= 15 is 0 Å². The number of benzene rings is 1. The van der Waals surface area contributed by atoms with E-state index in [1.165, 1.54) is 5.56 Å². The van der Waals surface area contributed by atoms with Gasteiger partial charge in [-0.15, -0.1) is 5.10 Å². The molecule has 0 aliphatic carbocycles. The highest BCUT2D eigenvalue weighted by molar-refractivity contribution is 6.30. The standard InChI is InChI=1S/C23H34ClN7O2/c1-23(2,3)27-20(32)19-13-31(18(14-33-19)12-15-4-6-16(24)7-5-15)17-8-10-30(11-9-17)22-26-21(25)28-29-22/h4-7,17-19H,8-14H2,1-3H3,(H,27,32)(H3,25,26,28,29). The highest BCUT2D eigenvalue weighted by Crippen LogP contribution is 2.27. The van der Waals surface area contributed by atoms with E-state index in [4.69, 9.17) is 22.1 Å². The Morgan fingerprint density at radius 3 is 2.58 bits per heavy atom. The van der Waals surface area contributed by atoms with Crippen molar-refractivity contribution in [1.82, 2.24) is 25.4 Å². The average molecular weight is 476 g/mol. The van der Waals surface area contributed by atoms with Gasteiger partial charge in [0.15, 0.2) is 0 Å². The Labute approximate surface area is 200 Å². The number of nitrogen functional groups attached to an aromatic ring is 1. The quantitative estimate of drug-likeness (QED) is 0.607. The van der Waals surface area contributed by atoms with Gasteiger partial charge in [0.1, 0.15) is 6.10 Å². The molecule has 0 bridgehead atoms. The molecule has 2 atom stereocenters. The molecule has 4 N–H and O–H groups in total. The number of nitrogens with two attached hydrogens (primary N) is 1. The first kappa shape index (κ1) is 23.8. The number of anilines is 2. The Morgan fingerprint density at radius 1 is 1.27 bits per heavy atom. The smallest absolute Gasteiger partial charge is 0.250 e. The monoisotopic (exact) mass is 475 g/mol. The Bertz CT molecular complexity index is 935. The summed E-state index contributed by atoms with van der Waals surface area (Å²) in [6, 6.07) is 8.52. The number of morpholine rings is 1. The zero-order valence-electron chi connectivity index (χ0n) is 19.6. The second-order valence-electron chi connectivity index (χ2n) is 9.98. The number of ether oxygens (including phenoxy) is 1. The van der Waals surface area contributed by atoms with Crippen LogP contribution in [0.2, 0.25) is 5.02 Å². The van der Waals surface area contributed by atoms with E-state index in [1.54, 1.807) is 0 Å². The van der Waals surface area contributed by atoms with Crippen molar-refractivity contribution in [3.8, 4) is 0 Å². The number of carbonyl (C=O) groups is 1. The summed E-state index contributed by atoms with van der Waals surface area (Å²) in [5.74, 6) is 0.926. The van der Waals surface area contributed by atoms with Crippen LogP contribution in [-0.2, 0) is 16.0 Å². The Kier molecular flexibility index (Phi) is 7.11. The van der Waals surface area contributed by atoms with Gasteiger partial charge >= 0.3 is 0 Å². The zero-order valence-corrected chi connectivity index (χ0v) is 20.3. The van der Waals surface area contributed by atoms with Crippen molar-refractivity contribution in [1.29, 1.82) is 0 Å². The molecule has 0 radical (unpaired) electrons. The van der Waals surface area contributed by atoms with E-state index < -0.39 is 6.10 Å². The first-order valence-electron chi connectivity index (χ1n) is 11.5. The summed E-state index contributed by atoms with van der Waals surface area (Å²) in [4.78, 5) is 21.8. The SMILES string of the molecule is CC(C)(C)NC(=O)C1CN(C2CCN(c3n[nH]c(N)n3)CC2)C(Cc2ccc(Cl)cc2)CO1. The topological polar surface area (TPSA) is 112 Å². The fraction of sp³-hybridized carbons (Fsp3) is 0.609. The molecule has 2 aliphatic heterocycles. The molecule has 0 saturated carbocycles. The van der Waals surface area contributed by atoms with Gasteiger partial charge in [-0.05, 0) is 57.7 Å². The van der Waals surface area contributed by atoms with Gasteiger partial charge in [0, 0.05) is 42.3 Å². The predicted octanol–water partition coefficient (Wildman–Crippen LogP) is 2.24. The van der Waals surface area contributed by atoms with Crippen molar-refractivity contribution in [2.45, 2.75) is 63.8 Å². The zero-order chi connectivity index (χ0) is 23.6. The van der Waals surface area contributed by atoms with Gasteiger partial charge in [-0.2, -0.15) is 4.98 Å². The van der Waals surface area contributed by atoms with E-state index in [0.717, 1.165) is 37.4 Å². The predicted molar refractivity (Wildman–Crippen MR) is 129 cm³/mol. The molecule has 0 spiro atoms. The number of nitrogens with zero attached hydrogens (tertiary/aromatic N) is 4. The highest BCUT2D eigenvalue weighted by atomic mass is 35.5. The first-order valence-corrected chi connectivity index (χ1v) is 11.9. The van der Waals surface area contributed by atoms with Crippen molar-refractivity contribution in [3.63, 3.8) is 0 Å². The van der Waals surface area contributed by atoms with Crippen LogP contribution in [0.5, 0.6) is 0 Å². The molecule has 2 fully saturated rings. The van der Waals surface area contributed by atoms with Gasteiger partial charge in [-0.3, -0.25) is 9.69 Å². The third kappa shape index (κ3) is 6.16. The summed E-state index contributed by atoms with van der Waals surface area (Å²) in [5.41, 5.74) is 6.61. The lowest BCUT2D eigenvalue weighted by Crippen LogP contribution is -2.61. The molecule has 33 heavy (non-hydrogen) atoms. The molecule has 1 aromatic carbocycles. The van der Waals surface area contributed by atoms with Gasteiger partial charge < -0.3 is 20.7 Å². The van der Waals surface area contributed by atoms with Crippen LogP contribution < -0.4 is 16.0 Å². The molecule has 2 aromatic rings. The second kappa shape index (κ2) is 9.87. The van der Waals surface area contributed by atoms with Crippen molar-refractivity contribution >= 4 is 29.4 Å². The average Bonchev–Trinajstić information content (AvgIpc) is 3.21. The number of carbonyl (C=O) groups excluding carboxylic acids is 1. The maximum Gasteiger partial charge on any atom is 0.250 e. The van der Waals surface area contributed by atoms with Crippen LogP contribution in [0, 0.1) is 0 Å². The number of hydrogen-bond acceptors (Lipinski definition) is 7. The number of aromatic nitrogens is 3. The lowest BCUT2D eigenvalue weighted by Gasteiger charge is -2.46. The fourth-order valence-electron chi connectivity index (χ4n) is 4.64. The molecule has 9 nitrogen and oxygen atoms in total.